The first-order valence-electron chi connectivity index (χ1n) is 5.96. The van der Waals surface area contributed by atoms with Crippen LogP contribution in [0.5, 0.6) is 0 Å². The van der Waals surface area contributed by atoms with Gasteiger partial charge in [0, 0.05) is 7.11 Å². The van der Waals surface area contributed by atoms with Gasteiger partial charge < -0.3 is 4.74 Å². The third-order valence-electron chi connectivity index (χ3n) is 3.12. The van der Waals surface area contributed by atoms with Crippen LogP contribution in [0.4, 0.5) is 0 Å². The van der Waals surface area contributed by atoms with Crippen LogP contribution in [0.3, 0.4) is 0 Å². The summed E-state index contributed by atoms with van der Waals surface area (Å²) in [4.78, 5) is 12.0. The fraction of sp³-hybridized carbons (Fsp3) is 0.357. The summed E-state index contributed by atoms with van der Waals surface area (Å²) in [5.41, 5.74) is 0.890. The molecule has 18 heavy (non-hydrogen) atoms. The average molecular weight is 247 g/mol. The van der Waals surface area contributed by atoms with Gasteiger partial charge in [-0.1, -0.05) is 42.5 Å². The number of hydroxylamine groups is 2. The molecule has 1 aromatic carbocycles. The van der Waals surface area contributed by atoms with Gasteiger partial charge in [0.25, 0.3) is 5.91 Å². The van der Waals surface area contributed by atoms with E-state index in [0.717, 1.165) is 10.6 Å². The van der Waals surface area contributed by atoms with Crippen molar-refractivity contribution in [3.63, 3.8) is 0 Å². The maximum absolute atomic E-state index is 12.0. The number of carbonyl (C=O) groups excluding carboxylic acids is 1. The Morgan fingerprint density at radius 2 is 2.17 bits per heavy atom. The minimum atomic E-state index is -0.314. The van der Waals surface area contributed by atoms with Gasteiger partial charge >= 0.3 is 0 Å². The van der Waals surface area contributed by atoms with Crippen LogP contribution in [0, 0.1) is 0 Å². The molecule has 1 aromatic rings. The molecule has 0 aliphatic heterocycles. The van der Waals surface area contributed by atoms with E-state index in [1.165, 1.54) is 0 Å². The topological polar surface area (TPSA) is 49.8 Å². The standard InChI is InChI=1S/C14H17NO3/c1-18-13-9-5-8-12(13)15(17)14(16)10-11-6-3-2-4-7-11/h2-7,9,12-13,17H,8,10H2,1H3/t12-,13-/m1/s1. The number of ether oxygens (including phenoxy) is 1. The molecule has 0 fully saturated rings. The molecule has 0 radical (unpaired) electrons. The van der Waals surface area contributed by atoms with E-state index >= 15 is 0 Å². The molecule has 0 spiro atoms. The number of methoxy groups -OCH3 is 1. The summed E-state index contributed by atoms with van der Waals surface area (Å²) in [5, 5.41) is 10.8. The number of rotatable bonds is 4. The van der Waals surface area contributed by atoms with Gasteiger partial charge in [0.05, 0.1) is 18.6 Å². The van der Waals surface area contributed by atoms with E-state index in [-0.39, 0.29) is 24.5 Å². The van der Waals surface area contributed by atoms with Crippen LogP contribution in [0.15, 0.2) is 42.5 Å². The van der Waals surface area contributed by atoms with Crippen molar-refractivity contribution in [3.8, 4) is 0 Å². The molecule has 1 aliphatic carbocycles. The van der Waals surface area contributed by atoms with Crippen molar-refractivity contribution in [1.82, 2.24) is 5.06 Å². The highest BCUT2D eigenvalue weighted by atomic mass is 16.5. The lowest BCUT2D eigenvalue weighted by Gasteiger charge is -2.26. The predicted octanol–water partition coefficient (Wildman–Crippen LogP) is 1.79. The first-order valence-corrected chi connectivity index (χ1v) is 5.96. The Bertz CT molecular complexity index is 430. The molecule has 2 rings (SSSR count). The van der Waals surface area contributed by atoms with Crippen LogP contribution >= 0.6 is 0 Å². The summed E-state index contributed by atoms with van der Waals surface area (Å²) in [6, 6.07) is 9.07. The van der Waals surface area contributed by atoms with Crippen LogP contribution in [-0.2, 0) is 16.0 Å². The Kier molecular flexibility index (Phi) is 4.12. The third-order valence-corrected chi connectivity index (χ3v) is 3.12. The van der Waals surface area contributed by atoms with Crippen molar-refractivity contribution in [1.29, 1.82) is 0 Å². The lowest BCUT2D eigenvalue weighted by molar-refractivity contribution is -0.182. The van der Waals surface area contributed by atoms with Crippen molar-refractivity contribution >= 4 is 5.91 Å². The van der Waals surface area contributed by atoms with Gasteiger partial charge in [0.1, 0.15) is 0 Å². The van der Waals surface area contributed by atoms with E-state index < -0.39 is 0 Å². The van der Waals surface area contributed by atoms with Gasteiger partial charge in [-0.3, -0.25) is 10.0 Å². The van der Waals surface area contributed by atoms with E-state index in [0.29, 0.717) is 6.42 Å². The van der Waals surface area contributed by atoms with Gasteiger partial charge in [-0.05, 0) is 12.0 Å². The Morgan fingerprint density at radius 3 is 2.83 bits per heavy atom. The van der Waals surface area contributed by atoms with Gasteiger partial charge in [0.15, 0.2) is 0 Å². The molecule has 0 heterocycles. The smallest absolute Gasteiger partial charge is 0.250 e. The first-order chi connectivity index (χ1) is 8.72. The van der Waals surface area contributed by atoms with Gasteiger partial charge in [0.2, 0.25) is 0 Å². The van der Waals surface area contributed by atoms with E-state index in [1.807, 2.05) is 42.5 Å². The highest BCUT2D eigenvalue weighted by Crippen LogP contribution is 2.19. The summed E-state index contributed by atoms with van der Waals surface area (Å²) >= 11 is 0. The highest BCUT2D eigenvalue weighted by Gasteiger charge is 2.31. The maximum Gasteiger partial charge on any atom is 0.250 e. The van der Waals surface area contributed by atoms with Crippen molar-refractivity contribution in [2.45, 2.75) is 25.0 Å². The molecule has 4 heteroatoms. The van der Waals surface area contributed by atoms with Crippen LogP contribution in [0.25, 0.3) is 0 Å². The van der Waals surface area contributed by atoms with E-state index in [9.17, 15) is 10.0 Å². The number of hydrogen-bond acceptors (Lipinski definition) is 3. The molecule has 1 N–H and O–H groups in total. The molecule has 0 unspecified atom stereocenters. The van der Waals surface area contributed by atoms with E-state index in [1.54, 1.807) is 7.11 Å². The molecule has 1 amide bonds. The molecule has 4 nitrogen and oxygen atoms in total. The van der Waals surface area contributed by atoms with Gasteiger partial charge in [-0.25, -0.2) is 5.06 Å². The zero-order valence-electron chi connectivity index (χ0n) is 10.3. The molecule has 96 valence electrons. The van der Waals surface area contributed by atoms with Gasteiger partial charge in [-0.15, -0.1) is 0 Å². The van der Waals surface area contributed by atoms with Gasteiger partial charge in [-0.2, -0.15) is 0 Å². The van der Waals surface area contributed by atoms with E-state index in [4.69, 9.17) is 4.74 Å². The second-order valence-corrected chi connectivity index (χ2v) is 4.33. The molecular weight excluding hydrogens is 230 g/mol. The summed E-state index contributed by atoms with van der Waals surface area (Å²) in [6.07, 6.45) is 4.37. The molecular formula is C14H17NO3. The Morgan fingerprint density at radius 1 is 1.44 bits per heavy atom. The number of hydrogen-bond donors (Lipinski definition) is 1. The molecule has 0 bridgehead atoms. The van der Waals surface area contributed by atoms with Crippen molar-refractivity contribution < 1.29 is 14.7 Å². The second kappa shape index (κ2) is 5.80. The average Bonchev–Trinajstić information content (AvgIpc) is 2.87. The minimum Gasteiger partial charge on any atom is -0.375 e. The molecule has 2 atom stereocenters. The predicted molar refractivity (Wildman–Crippen MR) is 67.1 cm³/mol. The fourth-order valence-electron chi connectivity index (χ4n) is 2.13. The molecule has 0 saturated carbocycles. The second-order valence-electron chi connectivity index (χ2n) is 4.33. The summed E-state index contributed by atoms with van der Waals surface area (Å²) in [6.45, 7) is 0. The molecule has 1 aliphatic rings. The van der Waals surface area contributed by atoms with Crippen LogP contribution < -0.4 is 0 Å². The van der Waals surface area contributed by atoms with E-state index in [2.05, 4.69) is 0 Å². The third kappa shape index (κ3) is 2.78. The first kappa shape index (κ1) is 12.8. The Labute approximate surface area is 106 Å². The monoisotopic (exact) mass is 247 g/mol. The number of nitrogens with zero attached hydrogens (tertiary/aromatic N) is 1. The minimum absolute atomic E-state index is 0.199. The van der Waals surface area contributed by atoms with Crippen molar-refractivity contribution in [2.24, 2.45) is 0 Å². The number of benzene rings is 1. The van der Waals surface area contributed by atoms with Crippen molar-refractivity contribution in [2.75, 3.05) is 7.11 Å². The largest absolute Gasteiger partial charge is 0.375 e. The van der Waals surface area contributed by atoms with Crippen LogP contribution in [0.1, 0.15) is 12.0 Å². The Hall–Kier alpha value is -1.65. The number of amides is 1. The van der Waals surface area contributed by atoms with Crippen LogP contribution in [-0.4, -0.2) is 35.4 Å². The lowest BCUT2D eigenvalue weighted by Crippen LogP contribution is -2.43. The zero-order valence-corrected chi connectivity index (χ0v) is 10.3. The molecule has 0 saturated heterocycles. The summed E-state index contributed by atoms with van der Waals surface area (Å²) in [5.74, 6) is -0.308. The normalized spacial score (nSPS) is 22.1. The summed E-state index contributed by atoms with van der Waals surface area (Å²) in [7, 11) is 1.57. The molecule has 0 aromatic heterocycles. The SMILES string of the molecule is CO[C@@H]1C=CC[C@H]1N(O)C(=O)Cc1ccccc1. The number of carbonyl (C=O) groups is 1. The summed E-state index contributed by atoms with van der Waals surface area (Å²) < 4.78 is 5.20. The lowest BCUT2D eigenvalue weighted by atomic mass is 10.1. The fourth-order valence-corrected chi connectivity index (χ4v) is 2.13. The van der Waals surface area contributed by atoms with Crippen LogP contribution in [0.2, 0.25) is 0 Å². The maximum atomic E-state index is 12.0. The van der Waals surface area contributed by atoms with Crippen molar-refractivity contribution in [3.05, 3.63) is 48.0 Å². The Balaban J connectivity index is 1.97. The quantitative estimate of drug-likeness (QED) is 0.501. The highest BCUT2D eigenvalue weighted by molar-refractivity contribution is 5.78. The zero-order chi connectivity index (χ0) is 13.0.